The Balaban J connectivity index is 1.50. The first kappa shape index (κ1) is 18.0. The van der Waals surface area contributed by atoms with E-state index in [0.717, 1.165) is 44.9 Å². The van der Waals surface area contributed by atoms with E-state index in [4.69, 9.17) is 4.84 Å². The van der Waals surface area contributed by atoms with Gasteiger partial charge in [0.15, 0.2) is 0 Å². The lowest BCUT2D eigenvalue weighted by Crippen LogP contribution is -2.54. The standard InChI is InChI=1S/C17H28N4O4/c1-2-3-10-25-21-13-8-9-14(20(11-13)17(21)24)16(23)19-18-15(22)12-6-4-5-7-12/h12-14H,2-11H2,1H3,(H,18,22)(H,19,23)/t13-,14-/m0/s1. The first-order valence-corrected chi connectivity index (χ1v) is 9.44. The van der Waals surface area contributed by atoms with Gasteiger partial charge in [-0.25, -0.2) is 4.79 Å². The largest absolute Gasteiger partial charge is 0.345 e. The molecular formula is C17H28N4O4. The number of nitrogens with zero attached hydrogens (tertiary/aromatic N) is 2. The van der Waals surface area contributed by atoms with Crippen LogP contribution in [0.3, 0.4) is 0 Å². The van der Waals surface area contributed by atoms with Crippen LogP contribution in [0.15, 0.2) is 0 Å². The highest BCUT2D eigenvalue weighted by Crippen LogP contribution is 2.30. The van der Waals surface area contributed by atoms with Crippen molar-refractivity contribution in [3.05, 3.63) is 0 Å². The molecule has 2 heterocycles. The second-order valence-electron chi connectivity index (χ2n) is 7.15. The average Bonchev–Trinajstić information content (AvgIpc) is 3.23. The molecule has 140 valence electrons. The number of fused-ring (bicyclic) bond motifs is 2. The van der Waals surface area contributed by atoms with Crippen molar-refractivity contribution in [1.82, 2.24) is 20.8 Å². The summed E-state index contributed by atoms with van der Waals surface area (Å²) in [6, 6.07) is -0.783. The van der Waals surface area contributed by atoms with Crippen molar-refractivity contribution < 1.29 is 19.2 Å². The van der Waals surface area contributed by atoms with E-state index >= 15 is 0 Å². The predicted octanol–water partition coefficient (Wildman–Crippen LogP) is 1.32. The second-order valence-corrected chi connectivity index (χ2v) is 7.15. The molecule has 2 saturated heterocycles. The van der Waals surface area contributed by atoms with E-state index in [9.17, 15) is 14.4 Å². The molecule has 1 saturated carbocycles. The van der Waals surface area contributed by atoms with Gasteiger partial charge in [-0.3, -0.25) is 25.3 Å². The van der Waals surface area contributed by atoms with Crippen LogP contribution in [0.5, 0.6) is 0 Å². The summed E-state index contributed by atoms with van der Waals surface area (Å²) in [5.74, 6) is -0.461. The molecule has 0 aromatic heterocycles. The summed E-state index contributed by atoms with van der Waals surface area (Å²) in [5.41, 5.74) is 5.03. The molecule has 3 fully saturated rings. The number of carbonyl (C=O) groups excluding carboxylic acids is 3. The summed E-state index contributed by atoms with van der Waals surface area (Å²) in [5, 5.41) is 1.43. The lowest BCUT2D eigenvalue weighted by Gasteiger charge is -2.29. The van der Waals surface area contributed by atoms with Gasteiger partial charge in [-0.15, -0.1) is 0 Å². The molecule has 0 unspecified atom stereocenters. The number of hydrogen-bond acceptors (Lipinski definition) is 4. The van der Waals surface area contributed by atoms with E-state index in [-0.39, 0.29) is 29.8 Å². The molecule has 2 atom stereocenters. The van der Waals surface area contributed by atoms with Crippen molar-refractivity contribution in [2.45, 2.75) is 70.4 Å². The number of piperidine rings is 1. The first-order valence-electron chi connectivity index (χ1n) is 9.44. The lowest BCUT2D eigenvalue weighted by atomic mass is 10.0. The van der Waals surface area contributed by atoms with Crippen LogP contribution in [0, 0.1) is 5.92 Å². The van der Waals surface area contributed by atoms with Gasteiger partial charge in [0.2, 0.25) is 5.91 Å². The molecule has 2 aliphatic heterocycles. The summed E-state index contributed by atoms with van der Waals surface area (Å²) in [6.07, 6.45) is 7.08. The zero-order chi connectivity index (χ0) is 17.8. The Kier molecular flexibility index (Phi) is 5.78. The summed E-state index contributed by atoms with van der Waals surface area (Å²) in [4.78, 5) is 44.1. The zero-order valence-corrected chi connectivity index (χ0v) is 14.8. The minimum absolute atomic E-state index is 0.00749. The smallest absolute Gasteiger partial charge is 0.309 e. The molecule has 2 bridgehead atoms. The molecule has 0 radical (unpaired) electrons. The van der Waals surface area contributed by atoms with Crippen molar-refractivity contribution in [3.63, 3.8) is 0 Å². The summed E-state index contributed by atoms with van der Waals surface area (Å²) >= 11 is 0. The minimum Gasteiger partial charge on any atom is -0.309 e. The highest BCUT2D eigenvalue weighted by atomic mass is 16.7. The number of amides is 4. The number of nitrogens with one attached hydrogen (secondary N) is 2. The maximum Gasteiger partial charge on any atom is 0.345 e. The fraction of sp³-hybridized carbons (Fsp3) is 0.824. The van der Waals surface area contributed by atoms with Gasteiger partial charge in [0.1, 0.15) is 6.04 Å². The van der Waals surface area contributed by atoms with Gasteiger partial charge < -0.3 is 4.90 Å². The van der Waals surface area contributed by atoms with Crippen LogP contribution < -0.4 is 10.9 Å². The number of carbonyl (C=O) groups is 3. The Morgan fingerprint density at radius 2 is 1.84 bits per heavy atom. The molecule has 1 aliphatic carbocycles. The number of hydrazine groups is 1. The normalized spacial score (nSPS) is 26.2. The minimum atomic E-state index is -0.549. The number of hydroxylamine groups is 2. The summed E-state index contributed by atoms with van der Waals surface area (Å²) < 4.78 is 0. The van der Waals surface area contributed by atoms with Gasteiger partial charge in [-0.1, -0.05) is 26.2 Å². The van der Waals surface area contributed by atoms with Crippen molar-refractivity contribution in [2.24, 2.45) is 5.92 Å². The van der Waals surface area contributed by atoms with Gasteiger partial charge in [0, 0.05) is 12.5 Å². The van der Waals surface area contributed by atoms with Crippen LogP contribution >= 0.6 is 0 Å². The van der Waals surface area contributed by atoms with Crippen LogP contribution in [-0.4, -0.2) is 53.0 Å². The SMILES string of the molecule is CCCCON1C(=O)N2C[C@@H]1CC[C@H]2C(=O)NNC(=O)C1CCCC1. The predicted molar refractivity (Wildman–Crippen MR) is 89.9 cm³/mol. The van der Waals surface area contributed by atoms with E-state index in [1.807, 2.05) is 0 Å². The monoisotopic (exact) mass is 352 g/mol. The van der Waals surface area contributed by atoms with E-state index in [1.165, 1.54) is 5.06 Å². The fourth-order valence-corrected chi connectivity index (χ4v) is 3.87. The molecule has 25 heavy (non-hydrogen) atoms. The molecule has 0 aromatic rings. The molecule has 3 rings (SSSR count). The second kappa shape index (κ2) is 8.03. The summed E-state index contributed by atoms with van der Waals surface area (Å²) in [6.45, 7) is 3.08. The van der Waals surface area contributed by atoms with Crippen molar-refractivity contribution in [3.8, 4) is 0 Å². The third-order valence-corrected chi connectivity index (χ3v) is 5.39. The van der Waals surface area contributed by atoms with Crippen LogP contribution in [-0.2, 0) is 14.4 Å². The Bertz CT molecular complexity index is 521. The number of unbranched alkanes of at least 4 members (excludes halogenated alkanes) is 1. The Hall–Kier alpha value is -1.83. The van der Waals surface area contributed by atoms with Gasteiger partial charge in [-0.05, 0) is 32.1 Å². The molecule has 8 heteroatoms. The maximum atomic E-state index is 12.5. The zero-order valence-electron chi connectivity index (χ0n) is 14.8. The molecular weight excluding hydrogens is 324 g/mol. The lowest BCUT2D eigenvalue weighted by molar-refractivity contribution is -0.133. The van der Waals surface area contributed by atoms with E-state index < -0.39 is 6.04 Å². The van der Waals surface area contributed by atoms with Crippen molar-refractivity contribution >= 4 is 17.8 Å². The third kappa shape index (κ3) is 3.89. The molecule has 3 aliphatic rings. The van der Waals surface area contributed by atoms with E-state index in [1.54, 1.807) is 4.90 Å². The van der Waals surface area contributed by atoms with Gasteiger partial charge in [0.05, 0.1) is 12.6 Å². The molecule has 8 nitrogen and oxygen atoms in total. The van der Waals surface area contributed by atoms with E-state index in [0.29, 0.717) is 19.6 Å². The van der Waals surface area contributed by atoms with Crippen molar-refractivity contribution in [1.29, 1.82) is 0 Å². The number of rotatable bonds is 6. The Labute approximate surface area is 148 Å². The highest BCUT2D eigenvalue weighted by Gasteiger charge is 2.47. The molecule has 0 spiro atoms. The van der Waals surface area contributed by atoms with Crippen molar-refractivity contribution in [2.75, 3.05) is 13.2 Å². The number of hydrogen-bond donors (Lipinski definition) is 2. The maximum absolute atomic E-state index is 12.5. The van der Waals surface area contributed by atoms with Crippen LogP contribution in [0.1, 0.15) is 58.3 Å². The summed E-state index contributed by atoms with van der Waals surface area (Å²) in [7, 11) is 0. The molecule has 4 amide bonds. The molecule has 2 N–H and O–H groups in total. The van der Waals surface area contributed by atoms with Crippen LogP contribution in [0.25, 0.3) is 0 Å². The third-order valence-electron chi connectivity index (χ3n) is 5.39. The van der Waals surface area contributed by atoms with Gasteiger partial charge in [-0.2, -0.15) is 5.06 Å². The average molecular weight is 352 g/mol. The first-order chi connectivity index (χ1) is 12.1. The van der Waals surface area contributed by atoms with Gasteiger partial charge in [0.25, 0.3) is 5.91 Å². The molecule has 0 aromatic carbocycles. The quantitative estimate of drug-likeness (QED) is 0.557. The van der Waals surface area contributed by atoms with E-state index in [2.05, 4.69) is 17.8 Å². The van der Waals surface area contributed by atoms with Crippen LogP contribution in [0.4, 0.5) is 4.79 Å². The number of urea groups is 1. The highest BCUT2D eigenvalue weighted by molar-refractivity contribution is 5.90. The van der Waals surface area contributed by atoms with Gasteiger partial charge >= 0.3 is 6.03 Å². The Morgan fingerprint density at radius 3 is 2.56 bits per heavy atom. The van der Waals surface area contributed by atoms with Crippen LogP contribution in [0.2, 0.25) is 0 Å². The topological polar surface area (TPSA) is 91.0 Å². The Morgan fingerprint density at radius 1 is 1.12 bits per heavy atom. The fourth-order valence-electron chi connectivity index (χ4n) is 3.87.